The van der Waals surface area contributed by atoms with Gasteiger partial charge in [0.05, 0.1) is 6.26 Å². The summed E-state index contributed by atoms with van der Waals surface area (Å²) in [6.45, 7) is 4.82. The molecule has 8 heteroatoms. The third-order valence-electron chi connectivity index (χ3n) is 4.02. The second-order valence-corrected chi connectivity index (χ2v) is 8.40. The lowest BCUT2D eigenvalue weighted by molar-refractivity contribution is 0.315. The number of anilines is 1. The monoisotopic (exact) mass is 341 g/mol. The topological polar surface area (TPSA) is 78.4 Å². The number of likely N-dealkylation sites (N-methyl/N-ethyl adjacent to an activating group) is 1. The Balaban J connectivity index is 2.01. The largest absolute Gasteiger partial charge is 0.369 e. The van der Waals surface area contributed by atoms with Crippen LogP contribution in [0, 0.1) is 6.92 Å². The van der Waals surface area contributed by atoms with Gasteiger partial charge in [0.25, 0.3) is 0 Å². The van der Waals surface area contributed by atoms with Crippen molar-refractivity contribution < 1.29 is 8.42 Å². The number of aryl methyl sites for hydroxylation is 1. The van der Waals surface area contributed by atoms with Crippen LogP contribution in [0.25, 0.3) is 0 Å². The summed E-state index contributed by atoms with van der Waals surface area (Å²) in [4.78, 5) is 11.3. The Morgan fingerprint density at radius 3 is 2.52 bits per heavy atom. The van der Waals surface area contributed by atoms with Crippen molar-refractivity contribution in [2.45, 2.75) is 25.7 Å². The summed E-state index contributed by atoms with van der Waals surface area (Å²) >= 11 is 0. The Morgan fingerprint density at radius 2 is 1.96 bits per heavy atom. The number of piperidine rings is 1. The fourth-order valence-electron chi connectivity index (χ4n) is 2.72. The van der Waals surface area contributed by atoms with E-state index in [2.05, 4.69) is 20.2 Å². The third-order valence-corrected chi connectivity index (χ3v) is 5.33. The van der Waals surface area contributed by atoms with Crippen LogP contribution >= 0.6 is 0 Å². The highest BCUT2D eigenvalue weighted by Crippen LogP contribution is 2.27. The van der Waals surface area contributed by atoms with Gasteiger partial charge >= 0.3 is 0 Å². The minimum absolute atomic E-state index is 0.224. The number of nitrogens with zero attached hydrogens (tertiary/aromatic N) is 4. The predicted octanol–water partition coefficient (Wildman–Crippen LogP) is 0.898. The molecule has 0 spiro atoms. The maximum atomic E-state index is 11.6. The van der Waals surface area contributed by atoms with Crippen LogP contribution < -0.4 is 5.32 Å². The second kappa shape index (κ2) is 7.55. The van der Waals surface area contributed by atoms with E-state index < -0.39 is 10.0 Å². The van der Waals surface area contributed by atoms with Gasteiger partial charge in [-0.3, -0.25) is 0 Å². The SMILES string of the molecule is Cc1cc(NCCN(C)C)nc(C2CCN(S(C)(=O)=O)CC2)n1. The van der Waals surface area contributed by atoms with Crippen LogP contribution in [0.2, 0.25) is 0 Å². The van der Waals surface area contributed by atoms with E-state index in [1.165, 1.54) is 10.6 Å². The van der Waals surface area contributed by atoms with Gasteiger partial charge in [-0.15, -0.1) is 0 Å². The first-order chi connectivity index (χ1) is 10.8. The fourth-order valence-corrected chi connectivity index (χ4v) is 3.59. The lowest BCUT2D eigenvalue weighted by atomic mass is 9.97. The van der Waals surface area contributed by atoms with Gasteiger partial charge in [-0.25, -0.2) is 22.7 Å². The highest BCUT2D eigenvalue weighted by atomic mass is 32.2. The van der Waals surface area contributed by atoms with Crippen molar-refractivity contribution >= 4 is 15.8 Å². The molecule has 0 aliphatic carbocycles. The Hall–Kier alpha value is -1.25. The summed E-state index contributed by atoms with van der Waals surface area (Å²) in [5.74, 6) is 1.90. The molecule has 0 radical (unpaired) electrons. The fraction of sp³-hybridized carbons (Fsp3) is 0.733. The lowest BCUT2D eigenvalue weighted by Gasteiger charge is -2.29. The maximum Gasteiger partial charge on any atom is 0.211 e. The molecule has 0 saturated carbocycles. The molecule has 0 atom stereocenters. The van der Waals surface area contributed by atoms with Gasteiger partial charge in [0, 0.05) is 43.9 Å². The van der Waals surface area contributed by atoms with Crippen molar-refractivity contribution in [2.24, 2.45) is 0 Å². The van der Waals surface area contributed by atoms with E-state index in [-0.39, 0.29) is 5.92 Å². The molecule has 1 aromatic rings. The second-order valence-electron chi connectivity index (χ2n) is 6.42. The Bertz CT molecular complexity index is 625. The van der Waals surface area contributed by atoms with Gasteiger partial charge in [0.15, 0.2) is 0 Å². The van der Waals surface area contributed by atoms with E-state index in [0.717, 1.165) is 43.3 Å². The summed E-state index contributed by atoms with van der Waals surface area (Å²) in [5.41, 5.74) is 0.938. The van der Waals surface area contributed by atoms with Crippen LogP contribution in [-0.2, 0) is 10.0 Å². The number of rotatable bonds is 6. The van der Waals surface area contributed by atoms with Gasteiger partial charge in [-0.05, 0) is 33.9 Å². The molecule has 130 valence electrons. The van der Waals surface area contributed by atoms with Gasteiger partial charge in [-0.2, -0.15) is 0 Å². The molecule has 1 fully saturated rings. The van der Waals surface area contributed by atoms with Crippen LogP contribution in [0.3, 0.4) is 0 Å². The van der Waals surface area contributed by atoms with Gasteiger partial charge < -0.3 is 10.2 Å². The zero-order valence-electron chi connectivity index (χ0n) is 14.4. The summed E-state index contributed by atoms with van der Waals surface area (Å²) in [5, 5.41) is 3.33. The van der Waals surface area contributed by atoms with Crippen LogP contribution in [0.15, 0.2) is 6.07 Å². The third kappa shape index (κ3) is 5.40. The van der Waals surface area contributed by atoms with E-state index in [4.69, 9.17) is 0 Å². The average molecular weight is 341 g/mol. The number of aromatic nitrogens is 2. The van der Waals surface area contributed by atoms with E-state index in [1.54, 1.807) is 0 Å². The number of hydrogen-bond donors (Lipinski definition) is 1. The summed E-state index contributed by atoms with van der Waals surface area (Å²) in [7, 11) is 0.979. The van der Waals surface area contributed by atoms with Crippen LogP contribution in [0.5, 0.6) is 0 Å². The minimum Gasteiger partial charge on any atom is -0.369 e. The lowest BCUT2D eigenvalue weighted by Crippen LogP contribution is -2.37. The number of hydrogen-bond acceptors (Lipinski definition) is 6. The normalized spacial score (nSPS) is 17.6. The molecular weight excluding hydrogens is 314 g/mol. The zero-order chi connectivity index (χ0) is 17.0. The predicted molar refractivity (Wildman–Crippen MR) is 92.2 cm³/mol. The summed E-state index contributed by atoms with van der Waals surface area (Å²) in [6, 6.07) is 1.95. The minimum atomic E-state index is -3.09. The number of nitrogens with one attached hydrogen (secondary N) is 1. The highest BCUT2D eigenvalue weighted by Gasteiger charge is 2.27. The number of sulfonamides is 1. The van der Waals surface area contributed by atoms with E-state index in [9.17, 15) is 8.42 Å². The van der Waals surface area contributed by atoms with Crippen molar-refractivity contribution in [3.63, 3.8) is 0 Å². The molecule has 1 N–H and O–H groups in total. The first-order valence-corrected chi connectivity index (χ1v) is 9.80. The molecule has 1 saturated heterocycles. The average Bonchev–Trinajstić information content (AvgIpc) is 2.45. The van der Waals surface area contributed by atoms with Crippen LogP contribution in [0.1, 0.15) is 30.3 Å². The first kappa shape index (κ1) is 18.1. The van der Waals surface area contributed by atoms with Crippen molar-refractivity contribution in [1.29, 1.82) is 0 Å². The van der Waals surface area contributed by atoms with Gasteiger partial charge in [0.1, 0.15) is 11.6 Å². The van der Waals surface area contributed by atoms with Crippen molar-refractivity contribution in [1.82, 2.24) is 19.2 Å². The molecule has 0 bridgehead atoms. The molecule has 0 aromatic carbocycles. The van der Waals surface area contributed by atoms with Crippen molar-refractivity contribution in [3.05, 3.63) is 17.6 Å². The van der Waals surface area contributed by atoms with Crippen molar-refractivity contribution in [2.75, 3.05) is 51.8 Å². The molecule has 0 unspecified atom stereocenters. The highest BCUT2D eigenvalue weighted by molar-refractivity contribution is 7.88. The molecule has 7 nitrogen and oxygen atoms in total. The molecule has 1 aliphatic rings. The summed E-state index contributed by atoms with van der Waals surface area (Å²) < 4.78 is 24.7. The van der Waals surface area contributed by atoms with E-state index >= 15 is 0 Å². The van der Waals surface area contributed by atoms with Gasteiger partial charge in [-0.1, -0.05) is 0 Å². The standard InChI is InChI=1S/C15H27N5O2S/c1-12-11-14(16-7-10-19(2)3)18-15(17-12)13-5-8-20(9-6-13)23(4,21)22/h11,13H,5-10H2,1-4H3,(H,16,17,18). The Labute approximate surface area is 139 Å². The Kier molecular flexibility index (Phi) is 5.94. The van der Waals surface area contributed by atoms with E-state index in [1.807, 2.05) is 27.1 Å². The smallest absolute Gasteiger partial charge is 0.211 e. The quantitative estimate of drug-likeness (QED) is 0.828. The molecular formula is C15H27N5O2S. The summed E-state index contributed by atoms with van der Waals surface area (Å²) in [6.07, 6.45) is 2.81. The molecule has 23 heavy (non-hydrogen) atoms. The molecule has 2 heterocycles. The Morgan fingerprint density at radius 1 is 1.30 bits per heavy atom. The zero-order valence-corrected chi connectivity index (χ0v) is 15.2. The van der Waals surface area contributed by atoms with Crippen LogP contribution in [0.4, 0.5) is 5.82 Å². The first-order valence-electron chi connectivity index (χ1n) is 7.95. The molecule has 0 amide bonds. The van der Waals surface area contributed by atoms with Crippen LogP contribution in [-0.4, -0.2) is 74.1 Å². The maximum absolute atomic E-state index is 11.6. The van der Waals surface area contributed by atoms with Crippen molar-refractivity contribution in [3.8, 4) is 0 Å². The molecule has 1 aliphatic heterocycles. The molecule has 2 rings (SSSR count). The van der Waals surface area contributed by atoms with Gasteiger partial charge in [0.2, 0.25) is 10.0 Å². The molecule has 1 aromatic heterocycles. The van der Waals surface area contributed by atoms with E-state index in [0.29, 0.717) is 13.1 Å².